The Morgan fingerprint density at radius 2 is 2.35 bits per heavy atom. The highest BCUT2D eigenvalue weighted by atomic mass is 35.5. The molecule has 1 aromatic rings. The van der Waals surface area contributed by atoms with Crippen molar-refractivity contribution in [3.8, 4) is 0 Å². The quantitative estimate of drug-likeness (QED) is 0.789. The Balaban J connectivity index is 2.63. The summed E-state index contributed by atoms with van der Waals surface area (Å²) in [6, 6.07) is 5.27. The first-order chi connectivity index (χ1) is 8.17. The fraction of sp³-hybridized carbons (Fsp3) is 0.500. The molecule has 0 fully saturated rings. The Labute approximate surface area is 106 Å². The van der Waals surface area contributed by atoms with Gasteiger partial charge < -0.3 is 10.1 Å². The Hall–Kier alpha value is -1.13. The second kappa shape index (κ2) is 7.25. The molecule has 0 saturated heterocycles. The number of aromatic nitrogens is 1. The lowest BCUT2D eigenvalue weighted by Crippen LogP contribution is -2.38. The summed E-state index contributed by atoms with van der Waals surface area (Å²) in [6.07, 6.45) is 0.674. The molecule has 1 aromatic heterocycles. The average molecular weight is 257 g/mol. The zero-order chi connectivity index (χ0) is 12.7. The van der Waals surface area contributed by atoms with Gasteiger partial charge in [0.15, 0.2) is 0 Å². The molecule has 0 aromatic carbocycles. The van der Waals surface area contributed by atoms with E-state index in [1.54, 1.807) is 13.2 Å². The van der Waals surface area contributed by atoms with Crippen LogP contribution in [0.25, 0.3) is 0 Å². The Bertz CT molecular complexity index is 365. The highest BCUT2D eigenvalue weighted by Crippen LogP contribution is 2.01. The topological polar surface area (TPSA) is 51.2 Å². The first-order valence-corrected chi connectivity index (χ1v) is 6.00. The number of aryl methyl sites for hydroxylation is 1. The van der Waals surface area contributed by atoms with Crippen molar-refractivity contribution in [2.75, 3.05) is 19.6 Å². The van der Waals surface area contributed by atoms with E-state index in [0.717, 1.165) is 5.69 Å². The van der Waals surface area contributed by atoms with Gasteiger partial charge in [-0.25, -0.2) is 4.98 Å². The Morgan fingerprint density at radius 3 is 2.94 bits per heavy atom. The highest BCUT2D eigenvalue weighted by molar-refractivity contribution is 6.17. The average Bonchev–Trinajstić information content (AvgIpc) is 2.29. The molecular formula is C12H17ClN2O2. The van der Waals surface area contributed by atoms with E-state index in [2.05, 4.69) is 10.3 Å². The third kappa shape index (κ3) is 4.71. The predicted molar refractivity (Wildman–Crippen MR) is 67.4 cm³/mol. The van der Waals surface area contributed by atoms with Gasteiger partial charge in [-0.1, -0.05) is 6.07 Å². The minimum Gasteiger partial charge on any atom is -0.383 e. The third-order valence-corrected chi connectivity index (χ3v) is 2.50. The van der Waals surface area contributed by atoms with Crippen LogP contribution < -0.4 is 5.32 Å². The molecule has 5 heteroatoms. The SMILES string of the molecule is COCC(CCCl)NC(=O)c1cccc(C)n1. The maximum absolute atomic E-state index is 11.9. The van der Waals surface area contributed by atoms with Gasteiger partial charge in [-0.3, -0.25) is 4.79 Å². The summed E-state index contributed by atoms with van der Waals surface area (Å²) in [7, 11) is 1.60. The number of methoxy groups -OCH3 is 1. The van der Waals surface area contributed by atoms with Gasteiger partial charge in [-0.2, -0.15) is 0 Å². The molecule has 0 spiro atoms. The molecule has 1 rings (SSSR count). The van der Waals surface area contributed by atoms with Gasteiger partial charge in [0.2, 0.25) is 0 Å². The first kappa shape index (κ1) is 13.9. The van der Waals surface area contributed by atoms with Crippen molar-refractivity contribution in [1.29, 1.82) is 0 Å². The number of carbonyl (C=O) groups is 1. The second-order valence-electron chi connectivity index (χ2n) is 3.77. The van der Waals surface area contributed by atoms with E-state index in [9.17, 15) is 4.79 Å². The van der Waals surface area contributed by atoms with Crippen LogP contribution in [0.1, 0.15) is 22.6 Å². The Kier molecular flexibility index (Phi) is 5.94. The molecule has 1 heterocycles. The van der Waals surface area contributed by atoms with Crippen LogP contribution in [0.5, 0.6) is 0 Å². The number of nitrogens with one attached hydrogen (secondary N) is 1. The van der Waals surface area contributed by atoms with Gasteiger partial charge in [-0.05, 0) is 25.5 Å². The summed E-state index contributed by atoms with van der Waals surface area (Å²) in [6.45, 7) is 2.30. The summed E-state index contributed by atoms with van der Waals surface area (Å²) >= 11 is 5.66. The van der Waals surface area contributed by atoms with E-state index in [4.69, 9.17) is 16.3 Å². The zero-order valence-electron chi connectivity index (χ0n) is 10.1. The summed E-state index contributed by atoms with van der Waals surface area (Å²) in [4.78, 5) is 16.0. The van der Waals surface area contributed by atoms with Crippen LogP contribution >= 0.6 is 11.6 Å². The lowest BCUT2D eigenvalue weighted by molar-refractivity contribution is 0.0890. The number of carbonyl (C=O) groups excluding carboxylic acids is 1. The number of hydrogen-bond donors (Lipinski definition) is 1. The molecule has 1 unspecified atom stereocenters. The minimum atomic E-state index is -0.194. The lowest BCUT2D eigenvalue weighted by Gasteiger charge is -2.16. The first-order valence-electron chi connectivity index (χ1n) is 5.46. The summed E-state index contributed by atoms with van der Waals surface area (Å²) in [5.74, 6) is 0.288. The molecule has 1 amide bonds. The van der Waals surface area contributed by atoms with Crippen LogP contribution in [0.2, 0.25) is 0 Å². The van der Waals surface area contributed by atoms with E-state index < -0.39 is 0 Å². The third-order valence-electron chi connectivity index (χ3n) is 2.28. The van der Waals surface area contributed by atoms with Gasteiger partial charge in [0.25, 0.3) is 5.91 Å². The molecule has 0 radical (unpaired) electrons. The van der Waals surface area contributed by atoms with Crippen molar-refractivity contribution in [2.45, 2.75) is 19.4 Å². The van der Waals surface area contributed by atoms with Crippen LogP contribution in [0, 0.1) is 6.92 Å². The van der Waals surface area contributed by atoms with E-state index in [0.29, 0.717) is 24.6 Å². The highest BCUT2D eigenvalue weighted by Gasteiger charge is 2.14. The number of rotatable bonds is 6. The van der Waals surface area contributed by atoms with E-state index in [-0.39, 0.29) is 11.9 Å². The molecule has 0 saturated carbocycles. The normalized spacial score (nSPS) is 12.2. The maximum atomic E-state index is 11.9. The second-order valence-corrected chi connectivity index (χ2v) is 4.15. The van der Waals surface area contributed by atoms with Crippen LogP contribution in [0.3, 0.4) is 0 Å². The van der Waals surface area contributed by atoms with Gasteiger partial charge in [-0.15, -0.1) is 11.6 Å². The summed E-state index contributed by atoms with van der Waals surface area (Å²) < 4.78 is 5.02. The van der Waals surface area contributed by atoms with Crippen molar-refractivity contribution in [2.24, 2.45) is 0 Å². The molecule has 0 aliphatic rings. The summed E-state index contributed by atoms with van der Waals surface area (Å²) in [5.41, 5.74) is 1.24. The molecule has 0 aliphatic heterocycles. The molecule has 94 valence electrons. The van der Waals surface area contributed by atoms with E-state index in [1.807, 2.05) is 19.1 Å². The number of pyridine rings is 1. The number of halogens is 1. The lowest BCUT2D eigenvalue weighted by atomic mass is 10.2. The Morgan fingerprint density at radius 1 is 1.59 bits per heavy atom. The molecule has 17 heavy (non-hydrogen) atoms. The molecule has 0 aliphatic carbocycles. The molecule has 0 bridgehead atoms. The number of nitrogens with zero attached hydrogens (tertiary/aromatic N) is 1. The largest absolute Gasteiger partial charge is 0.383 e. The zero-order valence-corrected chi connectivity index (χ0v) is 10.8. The molecular weight excluding hydrogens is 240 g/mol. The van der Waals surface area contributed by atoms with Crippen molar-refractivity contribution < 1.29 is 9.53 Å². The van der Waals surface area contributed by atoms with Crippen molar-refractivity contribution in [3.63, 3.8) is 0 Å². The molecule has 1 N–H and O–H groups in total. The van der Waals surface area contributed by atoms with Gasteiger partial charge >= 0.3 is 0 Å². The van der Waals surface area contributed by atoms with Crippen LogP contribution in [0.4, 0.5) is 0 Å². The van der Waals surface area contributed by atoms with Crippen LogP contribution in [-0.4, -0.2) is 36.5 Å². The fourth-order valence-electron chi connectivity index (χ4n) is 1.46. The molecule has 1 atom stereocenters. The van der Waals surface area contributed by atoms with Crippen molar-refractivity contribution in [3.05, 3.63) is 29.6 Å². The van der Waals surface area contributed by atoms with Crippen LogP contribution in [-0.2, 0) is 4.74 Å². The van der Waals surface area contributed by atoms with Gasteiger partial charge in [0, 0.05) is 18.7 Å². The number of hydrogen-bond acceptors (Lipinski definition) is 3. The predicted octanol–water partition coefficient (Wildman–Crippen LogP) is 1.76. The van der Waals surface area contributed by atoms with Crippen LogP contribution in [0.15, 0.2) is 18.2 Å². The van der Waals surface area contributed by atoms with Crippen molar-refractivity contribution >= 4 is 17.5 Å². The maximum Gasteiger partial charge on any atom is 0.270 e. The van der Waals surface area contributed by atoms with Crippen molar-refractivity contribution in [1.82, 2.24) is 10.3 Å². The van der Waals surface area contributed by atoms with E-state index in [1.165, 1.54) is 0 Å². The minimum absolute atomic E-state index is 0.0766. The smallest absolute Gasteiger partial charge is 0.270 e. The number of amides is 1. The standard InChI is InChI=1S/C12H17ClN2O2/c1-9-4-3-5-11(14-9)12(16)15-10(6-7-13)8-17-2/h3-5,10H,6-8H2,1-2H3,(H,15,16). The number of ether oxygens (including phenoxy) is 1. The molecule has 4 nitrogen and oxygen atoms in total. The monoisotopic (exact) mass is 256 g/mol. The number of alkyl halides is 1. The fourth-order valence-corrected chi connectivity index (χ4v) is 1.72. The van der Waals surface area contributed by atoms with Gasteiger partial charge in [0.1, 0.15) is 5.69 Å². The van der Waals surface area contributed by atoms with E-state index >= 15 is 0 Å². The van der Waals surface area contributed by atoms with Gasteiger partial charge in [0.05, 0.1) is 12.6 Å². The summed E-state index contributed by atoms with van der Waals surface area (Å²) in [5, 5.41) is 2.85.